The molecular formula is C6H7Cs. The van der Waals surface area contributed by atoms with Gasteiger partial charge in [0.1, 0.15) is 0 Å². The molecule has 0 aliphatic carbocycles. The minimum Gasteiger partial charge on any atom is -0.0623 e. The smallest absolute Gasteiger partial charge is 0.0623 e. The molecule has 1 rings (SSSR count). The molecule has 0 aromatic heterocycles. The molecule has 0 radical (unpaired) electrons. The Morgan fingerprint density at radius 1 is 0.429 bits per heavy atom. The molecule has 32 valence electrons. The summed E-state index contributed by atoms with van der Waals surface area (Å²) < 4.78 is 0. The number of benzene rings is 1. The van der Waals surface area contributed by atoms with Crippen LogP contribution in [0, 0.1) is 0 Å². The Hall–Kier alpha value is 1.27. The van der Waals surface area contributed by atoms with E-state index in [9.17, 15) is 0 Å². The van der Waals surface area contributed by atoms with Crippen molar-refractivity contribution in [3.05, 3.63) is 36.4 Å². The standard InChI is InChI=1S/C6H6.Cs.H/c1-2-4-6-5-3-1;;/h1-6H;;. The molecule has 0 fully saturated rings. The molecule has 0 aliphatic rings. The summed E-state index contributed by atoms with van der Waals surface area (Å²) in [6, 6.07) is 12.0. The molecule has 0 atom stereocenters. The Morgan fingerprint density at radius 3 is 0.714 bits per heavy atom. The minimum atomic E-state index is 0. The predicted molar refractivity (Wildman–Crippen MR) is 33.6 cm³/mol. The van der Waals surface area contributed by atoms with E-state index in [0.29, 0.717) is 0 Å². The summed E-state index contributed by atoms with van der Waals surface area (Å²) in [6.07, 6.45) is 0. The molecule has 0 N–H and O–H groups in total. The Balaban J connectivity index is 0.000000360. The maximum Gasteiger partial charge on any atom is -0.0623 e. The first kappa shape index (κ1) is 8.27. The molecule has 0 aliphatic heterocycles. The third-order valence-electron chi connectivity index (χ3n) is 0.667. The molecule has 0 heterocycles. The van der Waals surface area contributed by atoms with E-state index in [2.05, 4.69) is 0 Å². The average Bonchev–Trinajstić information content (AvgIpc) is 1.72. The van der Waals surface area contributed by atoms with E-state index in [0.717, 1.165) is 0 Å². The van der Waals surface area contributed by atoms with Gasteiger partial charge in [-0.3, -0.25) is 0 Å². The monoisotopic (exact) mass is 212 g/mol. The number of rotatable bonds is 0. The van der Waals surface area contributed by atoms with Crippen LogP contribution in [0.2, 0.25) is 0 Å². The number of hydrogen-bond acceptors (Lipinski definition) is 0. The van der Waals surface area contributed by atoms with Crippen LogP contribution in [0.5, 0.6) is 0 Å². The van der Waals surface area contributed by atoms with Gasteiger partial charge >= 0.3 is 68.9 Å². The van der Waals surface area contributed by atoms with Crippen LogP contribution in [0.3, 0.4) is 0 Å². The van der Waals surface area contributed by atoms with Crippen molar-refractivity contribution in [2.75, 3.05) is 0 Å². The van der Waals surface area contributed by atoms with Crippen LogP contribution in [-0.4, -0.2) is 68.9 Å². The second-order valence-electron chi connectivity index (χ2n) is 1.15. The molecule has 0 amide bonds. The first-order chi connectivity index (χ1) is 3.00. The summed E-state index contributed by atoms with van der Waals surface area (Å²) in [5, 5.41) is 0. The molecule has 0 saturated carbocycles. The SMILES string of the molecule is [CsH].c1ccccc1. The fourth-order valence-corrected chi connectivity index (χ4v) is 0.385. The topological polar surface area (TPSA) is 0 Å². The Morgan fingerprint density at radius 2 is 0.571 bits per heavy atom. The van der Waals surface area contributed by atoms with Crippen LogP contribution in [-0.2, 0) is 0 Å². The maximum atomic E-state index is 2.00. The fourth-order valence-electron chi connectivity index (χ4n) is 0.385. The zero-order chi connectivity index (χ0) is 4.24. The fraction of sp³-hybridized carbons (Fsp3) is 0. The third-order valence-corrected chi connectivity index (χ3v) is 0.667. The van der Waals surface area contributed by atoms with Gasteiger partial charge in [0.2, 0.25) is 0 Å². The van der Waals surface area contributed by atoms with Gasteiger partial charge in [-0.05, 0) is 0 Å². The molecule has 0 bridgehead atoms. The van der Waals surface area contributed by atoms with Crippen molar-refractivity contribution >= 4 is 68.9 Å². The zero-order valence-corrected chi connectivity index (χ0v) is 3.46. The van der Waals surface area contributed by atoms with Crippen LogP contribution in [0.1, 0.15) is 0 Å². The van der Waals surface area contributed by atoms with Gasteiger partial charge in [-0.25, -0.2) is 0 Å². The molecule has 0 nitrogen and oxygen atoms in total. The van der Waals surface area contributed by atoms with E-state index >= 15 is 0 Å². The van der Waals surface area contributed by atoms with Crippen molar-refractivity contribution in [3.8, 4) is 0 Å². The first-order valence-corrected chi connectivity index (χ1v) is 2.00. The second-order valence-corrected chi connectivity index (χ2v) is 1.15. The van der Waals surface area contributed by atoms with E-state index in [1.807, 2.05) is 36.4 Å². The number of hydrogen-bond donors (Lipinski definition) is 0. The van der Waals surface area contributed by atoms with E-state index in [1.165, 1.54) is 0 Å². The van der Waals surface area contributed by atoms with Crippen molar-refractivity contribution in [2.24, 2.45) is 0 Å². The van der Waals surface area contributed by atoms with Gasteiger partial charge in [-0.1, -0.05) is 36.4 Å². The molecule has 1 aromatic rings. The second kappa shape index (κ2) is 5.41. The molecule has 0 spiro atoms. The third kappa shape index (κ3) is 3.82. The largest absolute Gasteiger partial charge is 0.0623 e. The Kier molecular flexibility index (Phi) is 6.39. The molecule has 1 aromatic carbocycles. The van der Waals surface area contributed by atoms with Crippen molar-refractivity contribution in [2.45, 2.75) is 0 Å². The zero-order valence-electron chi connectivity index (χ0n) is 3.46. The Labute approximate surface area is 103 Å². The van der Waals surface area contributed by atoms with Gasteiger partial charge < -0.3 is 0 Å². The summed E-state index contributed by atoms with van der Waals surface area (Å²) in [5.74, 6) is 0. The summed E-state index contributed by atoms with van der Waals surface area (Å²) in [5.41, 5.74) is 0. The molecule has 7 heavy (non-hydrogen) atoms. The van der Waals surface area contributed by atoms with Crippen LogP contribution in [0.25, 0.3) is 0 Å². The van der Waals surface area contributed by atoms with Gasteiger partial charge in [-0.2, -0.15) is 0 Å². The van der Waals surface area contributed by atoms with Gasteiger partial charge in [0, 0.05) is 0 Å². The van der Waals surface area contributed by atoms with Gasteiger partial charge in [-0.15, -0.1) is 0 Å². The van der Waals surface area contributed by atoms with Gasteiger partial charge in [0.15, 0.2) is 0 Å². The Bertz CT molecular complexity index is 76.1. The van der Waals surface area contributed by atoms with E-state index in [-0.39, 0.29) is 68.9 Å². The van der Waals surface area contributed by atoms with Crippen LogP contribution in [0.4, 0.5) is 0 Å². The average molecular weight is 212 g/mol. The minimum absolute atomic E-state index is 0. The predicted octanol–water partition coefficient (Wildman–Crippen LogP) is 1.04. The quantitative estimate of drug-likeness (QED) is 0.602. The van der Waals surface area contributed by atoms with Crippen LogP contribution < -0.4 is 0 Å². The van der Waals surface area contributed by atoms with Crippen molar-refractivity contribution in [1.82, 2.24) is 0 Å². The van der Waals surface area contributed by atoms with E-state index < -0.39 is 0 Å². The summed E-state index contributed by atoms with van der Waals surface area (Å²) >= 11 is 0. The van der Waals surface area contributed by atoms with Gasteiger partial charge in [0.05, 0.1) is 0 Å². The normalized spacial score (nSPS) is 6.86. The summed E-state index contributed by atoms with van der Waals surface area (Å²) in [4.78, 5) is 0. The first-order valence-electron chi connectivity index (χ1n) is 2.00. The summed E-state index contributed by atoms with van der Waals surface area (Å²) in [6.45, 7) is 0. The molecule has 1 heteroatoms. The van der Waals surface area contributed by atoms with Crippen LogP contribution >= 0.6 is 0 Å². The maximum absolute atomic E-state index is 2.00. The van der Waals surface area contributed by atoms with Gasteiger partial charge in [0.25, 0.3) is 0 Å². The molecule has 0 unspecified atom stereocenters. The summed E-state index contributed by atoms with van der Waals surface area (Å²) in [7, 11) is 0. The van der Waals surface area contributed by atoms with Crippen molar-refractivity contribution in [3.63, 3.8) is 0 Å². The molecule has 0 saturated heterocycles. The van der Waals surface area contributed by atoms with Crippen LogP contribution in [0.15, 0.2) is 36.4 Å². The van der Waals surface area contributed by atoms with E-state index in [1.54, 1.807) is 0 Å². The molecular weight excluding hydrogens is 205 g/mol. The van der Waals surface area contributed by atoms with Crippen molar-refractivity contribution < 1.29 is 0 Å². The van der Waals surface area contributed by atoms with E-state index in [4.69, 9.17) is 0 Å². The van der Waals surface area contributed by atoms with Crippen molar-refractivity contribution in [1.29, 1.82) is 0 Å².